The number of aryl methyl sites for hydroxylation is 1. The second-order valence-electron chi connectivity index (χ2n) is 10.1. The number of esters is 1. The van der Waals surface area contributed by atoms with Crippen molar-refractivity contribution in [1.82, 2.24) is 15.5 Å². The van der Waals surface area contributed by atoms with E-state index in [2.05, 4.69) is 31.4 Å². The van der Waals surface area contributed by atoms with Gasteiger partial charge in [-0.1, -0.05) is 50.6 Å². The molecule has 0 aromatic heterocycles. The van der Waals surface area contributed by atoms with Gasteiger partial charge in [0.2, 0.25) is 0 Å². The molecule has 2 N–H and O–H groups in total. The van der Waals surface area contributed by atoms with E-state index in [0.29, 0.717) is 5.56 Å². The molecule has 31 heavy (non-hydrogen) atoms. The molecule has 8 heteroatoms. The molecule has 0 aliphatic carbocycles. The van der Waals surface area contributed by atoms with Gasteiger partial charge in [-0.15, -0.1) is 0 Å². The largest absolute Gasteiger partial charge is 0.454 e. The van der Waals surface area contributed by atoms with Crippen molar-refractivity contribution in [2.24, 2.45) is 5.41 Å². The molecule has 1 aliphatic rings. The third-order valence-electron chi connectivity index (χ3n) is 5.01. The number of urea groups is 1. The highest BCUT2D eigenvalue weighted by Crippen LogP contribution is 2.29. The van der Waals surface area contributed by atoms with Gasteiger partial charge >= 0.3 is 12.0 Å². The summed E-state index contributed by atoms with van der Waals surface area (Å²) < 4.78 is 5.00. The zero-order valence-electron chi connectivity index (χ0n) is 19.4. The van der Waals surface area contributed by atoms with E-state index in [0.717, 1.165) is 16.9 Å². The standard InChI is InChI=1S/C23H33N3O5/c1-15-8-10-16(11-9-15)23(7)19(29)26(20(30)25-23)12-18(28)31-13-17(27)24-22(5,6)14-21(2,3)4/h8-11H,12-14H2,1-7H3,(H,24,27)(H,25,30)/t23-/m1/s1. The number of imide groups is 1. The van der Waals surface area contributed by atoms with E-state index >= 15 is 0 Å². The van der Waals surface area contributed by atoms with E-state index < -0.39 is 48.0 Å². The van der Waals surface area contributed by atoms with E-state index in [4.69, 9.17) is 4.74 Å². The number of hydrogen-bond donors (Lipinski definition) is 2. The Hall–Kier alpha value is -2.90. The van der Waals surface area contributed by atoms with Gasteiger partial charge in [0.1, 0.15) is 12.1 Å². The summed E-state index contributed by atoms with van der Waals surface area (Å²) in [5.41, 5.74) is -0.0793. The average molecular weight is 432 g/mol. The van der Waals surface area contributed by atoms with Crippen molar-refractivity contribution in [1.29, 1.82) is 0 Å². The predicted molar refractivity (Wildman–Crippen MR) is 116 cm³/mol. The quantitative estimate of drug-likeness (QED) is 0.510. The monoisotopic (exact) mass is 431 g/mol. The fourth-order valence-electron chi connectivity index (χ4n) is 4.03. The molecule has 4 amide bonds. The Kier molecular flexibility index (Phi) is 6.83. The van der Waals surface area contributed by atoms with Gasteiger partial charge in [0.25, 0.3) is 11.8 Å². The second kappa shape index (κ2) is 8.69. The van der Waals surface area contributed by atoms with Crippen molar-refractivity contribution in [3.05, 3.63) is 35.4 Å². The van der Waals surface area contributed by atoms with Crippen LogP contribution in [0.4, 0.5) is 4.79 Å². The molecule has 1 heterocycles. The van der Waals surface area contributed by atoms with E-state index in [-0.39, 0.29) is 5.41 Å². The lowest BCUT2D eigenvalue weighted by molar-refractivity contribution is -0.151. The van der Waals surface area contributed by atoms with Gasteiger partial charge < -0.3 is 15.4 Å². The molecule has 0 unspecified atom stereocenters. The summed E-state index contributed by atoms with van der Waals surface area (Å²) >= 11 is 0. The Morgan fingerprint density at radius 1 is 1.10 bits per heavy atom. The summed E-state index contributed by atoms with van der Waals surface area (Å²) in [4.78, 5) is 50.4. The van der Waals surface area contributed by atoms with Gasteiger partial charge in [-0.05, 0) is 45.1 Å². The van der Waals surface area contributed by atoms with Crippen LogP contribution in [0.2, 0.25) is 0 Å². The summed E-state index contributed by atoms with van der Waals surface area (Å²) in [6.45, 7) is 12.5. The third kappa shape index (κ3) is 6.29. The minimum Gasteiger partial charge on any atom is -0.454 e. The number of carbonyl (C=O) groups is 4. The number of rotatable bonds is 7. The molecule has 0 spiro atoms. The summed E-state index contributed by atoms with van der Waals surface area (Å²) in [5.74, 6) is -1.82. The number of hydrogen-bond acceptors (Lipinski definition) is 5. The van der Waals surface area contributed by atoms with E-state index in [1.807, 2.05) is 32.9 Å². The molecule has 0 saturated carbocycles. The minimum atomic E-state index is -1.26. The lowest BCUT2D eigenvalue weighted by Crippen LogP contribution is -2.47. The van der Waals surface area contributed by atoms with Crippen LogP contribution in [0.1, 0.15) is 59.1 Å². The van der Waals surface area contributed by atoms with Gasteiger partial charge in [-0.25, -0.2) is 4.79 Å². The molecule has 2 rings (SSSR count). The van der Waals surface area contributed by atoms with Crippen molar-refractivity contribution in [3.8, 4) is 0 Å². The average Bonchev–Trinajstić information content (AvgIpc) is 2.82. The smallest absolute Gasteiger partial charge is 0.326 e. The van der Waals surface area contributed by atoms with Crippen molar-refractivity contribution >= 4 is 23.8 Å². The molecule has 1 fully saturated rings. The second-order valence-corrected chi connectivity index (χ2v) is 10.1. The molecular weight excluding hydrogens is 398 g/mol. The molecule has 1 aliphatic heterocycles. The van der Waals surface area contributed by atoms with Crippen LogP contribution in [0, 0.1) is 12.3 Å². The Bertz CT molecular complexity index is 870. The van der Waals surface area contributed by atoms with Crippen LogP contribution in [0.3, 0.4) is 0 Å². The Labute approximate surface area is 183 Å². The molecule has 1 saturated heterocycles. The normalized spacial score (nSPS) is 19.3. The maximum Gasteiger partial charge on any atom is 0.326 e. The summed E-state index contributed by atoms with van der Waals surface area (Å²) in [7, 11) is 0. The van der Waals surface area contributed by atoms with Crippen LogP contribution >= 0.6 is 0 Å². The first-order valence-corrected chi connectivity index (χ1v) is 10.3. The van der Waals surface area contributed by atoms with Crippen molar-refractivity contribution in [2.45, 2.75) is 66.0 Å². The fraction of sp³-hybridized carbons (Fsp3) is 0.565. The summed E-state index contributed by atoms with van der Waals surface area (Å²) in [6, 6.07) is 6.53. The number of carbonyl (C=O) groups excluding carboxylic acids is 4. The molecule has 0 bridgehead atoms. The van der Waals surface area contributed by atoms with Crippen LogP contribution in [-0.4, -0.2) is 47.4 Å². The van der Waals surface area contributed by atoms with E-state index in [1.54, 1.807) is 19.1 Å². The van der Waals surface area contributed by atoms with Gasteiger partial charge in [0, 0.05) is 5.54 Å². The topological polar surface area (TPSA) is 105 Å². The highest BCUT2D eigenvalue weighted by molar-refractivity contribution is 6.08. The van der Waals surface area contributed by atoms with Crippen molar-refractivity contribution in [2.75, 3.05) is 13.2 Å². The summed E-state index contributed by atoms with van der Waals surface area (Å²) in [6.07, 6.45) is 0.736. The van der Waals surface area contributed by atoms with E-state index in [9.17, 15) is 19.2 Å². The SMILES string of the molecule is Cc1ccc([C@@]2(C)NC(=O)N(CC(=O)OCC(=O)NC(C)(C)CC(C)(C)C)C2=O)cc1. The number of benzene rings is 1. The molecule has 1 atom stereocenters. The summed E-state index contributed by atoms with van der Waals surface area (Å²) in [5, 5.41) is 5.48. The van der Waals surface area contributed by atoms with Crippen LogP contribution in [0.15, 0.2) is 24.3 Å². The maximum absolute atomic E-state index is 12.9. The van der Waals surface area contributed by atoms with Crippen LogP contribution in [0.25, 0.3) is 0 Å². The van der Waals surface area contributed by atoms with Crippen LogP contribution in [-0.2, 0) is 24.7 Å². The molecule has 0 radical (unpaired) electrons. The van der Waals surface area contributed by atoms with Crippen molar-refractivity contribution < 1.29 is 23.9 Å². The van der Waals surface area contributed by atoms with Gasteiger partial charge in [0.05, 0.1) is 0 Å². The van der Waals surface area contributed by atoms with Gasteiger partial charge in [-0.3, -0.25) is 19.3 Å². The lowest BCUT2D eigenvalue weighted by atomic mass is 9.82. The number of ether oxygens (including phenoxy) is 1. The van der Waals surface area contributed by atoms with Crippen molar-refractivity contribution in [3.63, 3.8) is 0 Å². The predicted octanol–water partition coefficient (Wildman–Crippen LogP) is 2.64. The number of nitrogens with one attached hydrogen (secondary N) is 2. The highest BCUT2D eigenvalue weighted by Gasteiger charge is 2.49. The third-order valence-corrected chi connectivity index (χ3v) is 5.01. The fourth-order valence-corrected chi connectivity index (χ4v) is 4.03. The zero-order valence-corrected chi connectivity index (χ0v) is 19.4. The molecule has 170 valence electrons. The first-order valence-electron chi connectivity index (χ1n) is 10.3. The molecule has 1 aromatic carbocycles. The molecule has 8 nitrogen and oxygen atoms in total. The first kappa shape index (κ1) is 24.4. The van der Waals surface area contributed by atoms with Gasteiger partial charge in [-0.2, -0.15) is 0 Å². The Morgan fingerprint density at radius 3 is 2.23 bits per heavy atom. The first-order chi connectivity index (χ1) is 14.1. The van der Waals surface area contributed by atoms with E-state index in [1.165, 1.54) is 0 Å². The Morgan fingerprint density at radius 2 is 1.68 bits per heavy atom. The lowest BCUT2D eigenvalue weighted by Gasteiger charge is -2.33. The number of amides is 4. The zero-order chi connectivity index (χ0) is 23.6. The number of nitrogens with zero attached hydrogens (tertiary/aromatic N) is 1. The molecular formula is C23H33N3O5. The Balaban J connectivity index is 1.93. The van der Waals surface area contributed by atoms with Crippen LogP contribution in [0.5, 0.6) is 0 Å². The van der Waals surface area contributed by atoms with Gasteiger partial charge in [0.15, 0.2) is 6.61 Å². The molecule has 1 aromatic rings. The van der Waals surface area contributed by atoms with Crippen LogP contribution < -0.4 is 10.6 Å². The minimum absolute atomic E-state index is 0.0149. The highest BCUT2D eigenvalue weighted by atomic mass is 16.5. The maximum atomic E-state index is 12.9.